The molecule has 0 saturated carbocycles. The summed E-state index contributed by atoms with van der Waals surface area (Å²) in [4.78, 5) is 5.07. The molecule has 34 heavy (non-hydrogen) atoms. The summed E-state index contributed by atoms with van der Waals surface area (Å²) in [5, 5.41) is 2.86. The molecule has 0 spiro atoms. The van der Waals surface area contributed by atoms with E-state index in [4.69, 9.17) is 4.74 Å². The molecule has 2 aliphatic carbocycles. The highest BCUT2D eigenvalue weighted by Gasteiger charge is 2.22. The first-order valence-corrected chi connectivity index (χ1v) is 12.8. The molecule has 174 valence electrons. The van der Waals surface area contributed by atoms with Gasteiger partial charge in [-0.1, -0.05) is 60.2 Å². The standard InChI is InChI=1S/C31H34N2O/c1-34-31-9-5-4-8-30(31)33-20-18-32(19-21-33)17-16-23-10-11-25-13-14-27-26-7-3-2-6-24(26)12-15-28(27)29(25)22-23/h3-5,7-11,13-14,22H,2,6,12,15-21H2,1H3. The Labute approximate surface area is 203 Å². The number of allylic oxidation sites excluding steroid dienone is 4. The third-order valence-corrected chi connectivity index (χ3v) is 7.96. The molecule has 3 aromatic carbocycles. The van der Waals surface area contributed by atoms with E-state index in [0.29, 0.717) is 0 Å². The fourth-order valence-corrected chi connectivity index (χ4v) is 6.02. The van der Waals surface area contributed by atoms with Crippen LogP contribution in [0.3, 0.4) is 0 Å². The quantitative estimate of drug-likeness (QED) is 0.456. The third kappa shape index (κ3) is 4.03. The van der Waals surface area contributed by atoms with E-state index in [0.717, 1.165) is 44.9 Å². The highest BCUT2D eigenvalue weighted by molar-refractivity contribution is 5.94. The highest BCUT2D eigenvalue weighted by atomic mass is 16.5. The van der Waals surface area contributed by atoms with Crippen molar-refractivity contribution < 1.29 is 4.74 Å². The molecule has 3 nitrogen and oxygen atoms in total. The summed E-state index contributed by atoms with van der Waals surface area (Å²) >= 11 is 0. The fourth-order valence-electron chi connectivity index (χ4n) is 6.02. The number of anilines is 1. The van der Waals surface area contributed by atoms with Crippen LogP contribution in [0.1, 0.15) is 36.0 Å². The predicted octanol–water partition coefficient (Wildman–Crippen LogP) is 6.26. The van der Waals surface area contributed by atoms with Gasteiger partial charge < -0.3 is 9.64 Å². The van der Waals surface area contributed by atoms with E-state index in [2.05, 4.69) is 70.5 Å². The van der Waals surface area contributed by atoms with E-state index in [-0.39, 0.29) is 0 Å². The summed E-state index contributed by atoms with van der Waals surface area (Å²) in [5.41, 5.74) is 8.90. The zero-order valence-electron chi connectivity index (χ0n) is 20.2. The van der Waals surface area contributed by atoms with Gasteiger partial charge >= 0.3 is 0 Å². The van der Waals surface area contributed by atoms with E-state index in [1.807, 2.05) is 6.07 Å². The van der Waals surface area contributed by atoms with Gasteiger partial charge in [-0.3, -0.25) is 4.90 Å². The van der Waals surface area contributed by atoms with Crippen molar-refractivity contribution in [1.82, 2.24) is 4.90 Å². The Balaban J connectivity index is 1.14. The second kappa shape index (κ2) is 9.31. The Hall–Kier alpha value is -3.04. The number of rotatable bonds is 5. The molecule has 0 aromatic heterocycles. The average Bonchev–Trinajstić information content (AvgIpc) is 2.91. The summed E-state index contributed by atoms with van der Waals surface area (Å²) < 4.78 is 5.57. The molecule has 0 N–H and O–H groups in total. The molecule has 0 unspecified atom stereocenters. The van der Waals surface area contributed by atoms with Crippen LogP contribution in [-0.2, 0) is 12.8 Å². The van der Waals surface area contributed by atoms with Crippen LogP contribution in [0, 0.1) is 0 Å². The average molecular weight is 451 g/mol. The largest absolute Gasteiger partial charge is 0.495 e. The van der Waals surface area contributed by atoms with Gasteiger partial charge in [-0.2, -0.15) is 0 Å². The second-order valence-electron chi connectivity index (χ2n) is 9.86. The Kier molecular flexibility index (Phi) is 5.88. The van der Waals surface area contributed by atoms with Gasteiger partial charge in [0.1, 0.15) is 5.75 Å². The molecule has 0 amide bonds. The van der Waals surface area contributed by atoms with Crippen LogP contribution in [0.4, 0.5) is 5.69 Å². The molecule has 3 aromatic rings. The Bertz CT molecular complexity index is 1260. The van der Waals surface area contributed by atoms with Gasteiger partial charge in [0.15, 0.2) is 0 Å². The molecule has 1 saturated heterocycles. The van der Waals surface area contributed by atoms with Gasteiger partial charge in [0.25, 0.3) is 0 Å². The van der Waals surface area contributed by atoms with E-state index in [1.54, 1.807) is 18.2 Å². The number of hydrogen-bond donors (Lipinski definition) is 0. The monoisotopic (exact) mass is 450 g/mol. The molecule has 1 heterocycles. The molecule has 3 heteroatoms. The number of methoxy groups -OCH3 is 1. The van der Waals surface area contributed by atoms with Gasteiger partial charge in [-0.25, -0.2) is 0 Å². The first kappa shape index (κ1) is 21.5. The minimum Gasteiger partial charge on any atom is -0.495 e. The van der Waals surface area contributed by atoms with Gasteiger partial charge in [-0.15, -0.1) is 0 Å². The van der Waals surface area contributed by atoms with E-state index < -0.39 is 0 Å². The zero-order valence-corrected chi connectivity index (χ0v) is 20.2. The van der Waals surface area contributed by atoms with Crippen LogP contribution < -0.4 is 9.64 Å². The lowest BCUT2D eigenvalue weighted by atomic mass is 9.79. The van der Waals surface area contributed by atoms with Crippen LogP contribution >= 0.6 is 0 Å². The fraction of sp³-hybridized carbons (Fsp3) is 0.355. The lowest BCUT2D eigenvalue weighted by Crippen LogP contribution is -2.47. The van der Waals surface area contributed by atoms with Crippen molar-refractivity contribution in [3.8, 4) is 5.75 Å². The van der Waals surface area contributed by atoms with E-state index >= 15 is 0 Å². The summed E-state index contributed by atoms with van der Waals surface area (Å²) in [6, 6.07) is 20.2. The number of nitrogens with zero attached hydrogens (tertiary/aromatic N) is 2. The Morgan fingerprint density at radius 2 is 1.74 bits per heavy atom. The van der Waals surface area contributed by atoms with Crippen LogP contribution in [0.2, 0.25) is 0 Å². The maximum atomic E-state index is 5.57. The van der Waals surface area contributed by atoms with Gasteiger partial charge in [0.05, 0.1) is 12.8 Å². The normalized spacial score (nSPS) is 18.2. The summed E-state index contributed by atoms with van der Waals surface area (Å²) in [7, 11) is 1.76. The van der Waals surface area contributed by atoms with Crippen LogP contribution in [0.25, 0.3) is 16.3 Å². The van der Waals surface area contributed by atoms with Crippen LogP contribution in [0.5, 0.6) is 5.75 Å². The van der Waals surface area contributed by atoms with Gasteiger partial charge in [0, 0.05) is 32.7 Å². The van der Waals surface area contributed by atoms with Crippen molar-refractivity contribution in [2.45, 2.75) is 32.1 Å². The summed E-state index contributed by atoms with van der Waals surface area (Å²) in [6.45, 7) is 5.43. The van der Waals surface area contributed by atoms with Crippen molar-refractivity contribution in [2.24, 2.45) is 0 Å². The van der Waals surface area contributed by atoms with Crippen molar-refractivity contribution in [2.75, 3.05) is 44.7 Å². The number of fused-ring (bicyclic) bond motifs is 4. The van der Waals surface area contributed by atoms with Gasteiger partial charge in [0.2, 0.25) is 0 Å². The third-order valence-electron chi connectivity index (χ3n) is 7.96. The molecule has 1 aliphatic heterocycles. The second-order valence-corrected chi connectivity index (χ2v) is 9.86. The molecule has 3 aliphatic rings. The van der Waals surface area contributed by atoms with Gasteiger partial charge in [-0.05, 0) is 77.3 Å². The SMILES string of the molecule is COc1ccccc1N1CCN(CCc2ccc3ccc4c(c3c2)CCC2=C4C=CCC2)CC1. The molecule has 0 radical (unpaired) electrons. The molecular formula is C31H34N2O. The van der Waals surface area contributed by atoms with E-state index in [1.165, 1.54) is 58.8 Å². The zero-order chi connectivity index (χ0) is 22.9. The molecular weight excluding hydrogens is 416 g/mol. The lowest BCUT2D eigenvalue weighted by molar-refractivity contribution is 0.260. The minimum atomic E-state index is 0.974. The number of ether oxygens (including phenoxy) is 1. The minimum absolute atomic E-state index is 0.974. The predicted molar refractivity (Wildman–Crippen MR) is 143 cm³/mol. The molecule has 0 bridgehead atoms. The smallest absolute Gasteiger partial charge is 0.142 e. The number of aryl methyl sites for hydroxylation is 1. The molecule has 6 rings (SSSR count). The van der Waals surface area contributed by atoms with Crippen LogP contribution in [-0.4, -0.2) is 44.7 Å². The lowest BCUT2D eigenvalue weighted by Gasteiger charge is -2.36. The van der Waals surface area contributed by atoms with Crippen molar-refractivity contribution in [1.29, 1.82) is 0 Å². The highest BCUT2D eigenvalue weighted by Crippen LogP contribution is 2.40. The first-order valence-electron chi connectivity index (χ1n) is 12.8. The summed E-state index contributed by atoms with van der Waals surface area (Å²) in [6.07, 6.45) is 10.7. The molecule has 0 atom stereocenters. The maximum absolute atomic E-state index is 5.57. The molecule has 1 fully saturated rings. The van der Waals surface area contributed by atoms with Crippen molar-refractivity contribution in [3.05, 3.63) is 89.0 Å². The number of piperazine rings is 1. The topological polar surface area (TPSA) is 15.7 Å². The van der Waals surface area contributed by atoms with Crippen LogP contribution in [0.15, 0.2) is 72.3 Å². The Morgan fingerprint density at radius 3 is 2.62 bits per heavy atom. The maximum Gasteiger partial charge on any atom is 0.142 e. The van der Waals surface area contributed by atoms with Crippen molar-refractivity contribution in [3.63, 3.8) is 0 Å². The summed E-state index contributed by atoms with van der Waals surface area (Å²) in [5.74, 6) is 0.974. The number of para-hydroxylation sites is 2. The van der Waals surface area contributed by atoms with Crippen molar-refractivity contribution >= 4 is 22.0 Å². The number of hydrogen-bond acceptors (Lipinski definition) is 3. The Morgan fingerprint density at radius 1 is 0.882 bits per heavy atom. The van der Waals surface area contributed by atoms with E-state index in [9.17, 15) is 0 Å². The number of benzene rings is 3. The first-order chi connectivity index (χ1) is 16.8.